The number of aromatic nitrogens is 2. The largest absolute Gasteiger partial charge is 0.452 e. The van der Waals surface area contributed by atoms with Gasteiger partial charge in [0.05, 0.1) is 11.7 Å². The number of pyridine rings is 1. The van der Waals surface area contributed by atoms with E-state index in [4.69, 9.17) is 16.3 Å². The topological polar surface area (TPSA) is 72.7 Å². The van der Waals surface area contributed by atoms with E-state index >= 15 is 0 Å². The lowest BCUT2D eigenvalue weighted by Gasteiger charge is -2.26. The fraction of sp³-hybridized carbons (Fsp3) is 0.227. The molecule has 0 aliphatic heterocycles. The highest BCUT2D eigenvalue weighted by molar-refractivity contribution is 6.31. The van der Waals surface area contributed by atoms with E-state index in [1.165, 1.54) is 17.7 Å². The van der Waals surface area contributed by atoms with Gasteiger partial charge in [0, 0.05) is 12.3 Å². The molecule has 0 bridgehead atoms. The van der Waals surface area contributed by atoms with Gasteiger partial charge >= 0.3 is 5.97 Å². The fourth-order valence-corrected chi connectivity index (χ4v) is 3.85. The summed E-state index contributed by atoms with van der Waals surface area (Å²) in [5.74, 6) is -0.938. The third-order valence-corrected chi connectivity index (χ3v) is 5.23. The number of benzene rings is 1. The summed E-state index contributed by atoms with van der Waals surface area (Å²) in [7, 11) is 0. The van der Waals surface area contributed by atoms with Crippen LogP contribution in [0.5, 0.6) is 0 Å². The molecule has 1 aliphatic rings. The molecular formula is C22H20ClN3O3. The molecule has 2 heterocycles. The average Bonchev–Trinajstić information content (AvgIpc) is 3.06. The van der Waals surface area contributed by atoms with Crippen LogP contribution in [0.3, 0.4) is 0 Å². The Bertz CT molecular complexity index is 1090. The van der Waals surface area contributed by atoms with Crippen LogP contribution < -0.4 is 5.32 Å². The number of nitrogens with one attached hydrogen (secondary N) is 1. The molecule has 1 N–H and O–H groups in total. The van der Waals surface area contributed by atoms with E-state index in [1.807, 2.05) is 36.4 Å². The summed E-state index contributed by atoms with van der Waals surface area (Å²) in [6.45, 7) is -0.331. The molecule has 148 valence electrons. The van der Waals surface area contributed by atoms with Crippen molar-refractivity contribution < 1.29 is 14.3 Å². The third kappa shape index (κ3) is 4.32. The van der Waals surface area contributed by atoms with E-state index in [-0.39, 0.29) is 23.7 Å². The molecular weight excluding hydrogens is 390 g/mol. The zero-order valence-electron chi connectivity index (χ0n) is 15.7. The molecule has 3 aromatic rings. The minimum absolute atomic E-state index is 0.0429. The summed E-state index contributed by atoms with van der Waals surface area (Å²) in [5, 5.41) is 3.24. The third-order valence-electron chi connectivity index (χ3n) is 4.95. The number of hydrogen-bond acceptors (Lipinski definition) is 4. The first kappa shape index (κ1) is 19.2. The quantitative estimate of drug-likeness (QED) is 0.514. The minimum atomic E-state index is -0.619. The van der Waals surface area contributed by atoms with Crippen molar-refractivity contribution in [3.63, 3.8) is 0 Å². The van der Waals surface area contributed by atoms with Gasteiger partial charge in [0.15, 0.2) is 11.8 Å². The van der Waals surface area contributed by atoms with Gasteiger partial charge < -0.3 is 10.1 Å². The van der Waals surface area contributed by atoms with Crippen LogP contribution >= 0.6 is 11.6 Å². The number of halogens is 1. The van der Waals surface area contributed by atoms with Crippen LogP contribution in [0, 0.1) is 0 Å². The molecule has 0 unspecified atom stereocenters. The molecule has 0 radical (unpaired) electrons. The van der Waals surface area contributed by atoms with Crippen molar-refractivity contribution in [1.29, 1.82) is 0 Å². The van der Waals surface area contributed by atoms with Crippen molar-refractivity contribution in [2.75, 3.05) is 6.61 Å². The molecule has 1 amide bonds. The van der Waals surface area contributed by atoms with Crippen LogP contribution in [0.2, 0.25) is 5.15 Å². The van der Waals surface area contributed by atoms with Gasteiger partial charge in [-0.1, -0.05) is 41.9 Å². The van der Waals surface area contributed by atoms with Gasteiger partial charge in [-0.15, -0.1) is 0 Å². The van der Waals surface area contributed by atoms with Gasteiger partial charge in [-0.05, 0) is 48.6 Å². The minimum Gasteiger partial charge on any atom is -0.452 e. The van der Waals surface area contributed by atoms with E-state index in [9.17, 15) is 9.59 Å². The van der Waals surface area contributed by atoms with Crippen molar-refractivity contribution in [1.82, 2.24) is 14.7 Å². The summed E-state index contributed by atoms with van der Waals surface area (Å²) in [6, 6.07) is 13.6. The first-order valence-electron chi connectivity index (χ1n) is 9.46. The van der Waals surface area contributed by atoms with Gasteiger partial charge in [0.25, 0.3) is 5.91 Å². The Morgan fingerprint density at radius 3 is 2.97 bits per heavy atom. The molecule has 1 aliphatic carbocycles. The smallest absolute Gasteiger partial charge is 0.331 e. The van der Waals surface area contributed by atoms with Gasteiger partial charge in [-0.3, -0.25) is 9.20 Å². The van der Waals surface area contributed by atoms with Crippen molar-refractivity contribution in [2.45, 2.75) is 25.3 Å². The summed E-state index contributed by atoms with van der Waals surface area (Å²) in [5.41, 5.74) is 3.65. The van der Waals surface area contributed by atoms with Crippen molar-refractivity contribution >= 4 is 35.2 Å². The molecule has 0 fully saturated rings. The zero-order chi connectivity index (χ0) is 20.2. The van der Waals surface area contributed by atoms with Crippen LogP contribution in [0.15, 0.2) is 54.7 Å². The fourth-order valence-electron chi connectivity index (χ4n) is 3.61. The van der Waals surface area contributed by atoms with Crippen LogP contribution in [0.25, 0.3) is 11.7 Å². The standard InChI is InChI=1S/C22H20ClN3O3/c23-22-18(26-13-4-3-10-19(26)25-22)11-12-21(28)29-14-20(27)24-17-9-5-7-15-6-1-2-8-16(15)17/h1-4,6,8,10-13,17H,5,7,9,14H2,(H,24,27)/b12-11+/t17-/m0/s1. The normalized spacial score (nSPS) is 16.0. The van der Waals surface area contributed by atoms with Crippen LogP contribution in [0.1, 0.15) is 35.7 Å². The van der Waals surface area contributed by atoms with E-state index in [0.717, 1.165) is 24.8 Å². The lowest BCUT2D eigenvalue weighted by molar-refractivity contribution is -0.144. The predicted octanol–water partition coefficient (Wildman–Crippen LogP) is 3.74. The van der Waals surface area contributed by atoms with Crippen molar-refractivity contribution in [3.05, 3.63) is 76.7 Å². The second-order valence-corrected chi connectivity index (χ2v) is 7.23. The first-order valence-corrected chi connectivity index (χ1v) is 9.84. The Morgan fingerprint density at radius 1 is 1.24 bits per heavy atom. The number of ether oxygens (including phenoxy) is 1. The molecule has 4 rings (SSSR count). The molecule has 0 saturated carbocycles. The maximum absolute atomic E-state index is 12.2. The van der Waals surface area contributed by atoms with Gasteiger partial charge in [0.2, 0.25) is 0 Å². The number of carbonyl (C=O) groups excluding carboxylic acids is 2. The number of imidazole rings is 1. The number of carbonyl (C=O) groups is 2. The maximum atomic E-state index is 12.2. The monoisotopic (exact) mass is 409 g/mol. The van der Waals surface area contributed by atoms with E-state index in [1.54, 1.807) is 10.6 Å². The van der Waals surface area contributed by atoms with E-state index in [2.05, 4.69) is 16.4 Å². The highest BCUT2D eigenvalue weighted by Crippen LogP contribution is 2.29. The van der Waals surface area contributed by atoms with Gasteiger partial charge in [-0.2, -0.15) is 0 Å². The highest BCUT2D eigenvalue weighted by atomic mass is 35.5. The Balaban J connectivity index is 1.33. The number of esters is 1. The van der Waals surface area contributed by atoms with Crippen LogP contribution in [-0.2, 0) is 20.7 Å². The SMILES string of the molecule is O=C(COC(=O)/C=C/c1c(Cl)nc2ccccn12)N[C@H]1CCCc2ccccc21. The van der Waals surface area contributed by atoms with Crippen molar-refractivity contribution in [2.24, 2.45) is 0 Å². The molecule has 0 spiro atoms. The zero-order valence-corrected chi connectivity index (χ0v) is 16.4. The number of rotatable bonds is 5. The van der Waals surface area contributed by atoms with Gasteiger partial charge in [-0.25, -0.2) is 9.78 Å². The Labute approximate surface area is 173 Å². The summed E-state index contributed by atoms with van der Waals surface area (Å²) in [6.07, 6.45) is 7.49. The molecule has 1 atom stereocenters. The van der Waals surface area contributed by atoms with E-state index < -0.39 is 5.97 Å². The maximum Gasteiger partial charge on any atom is 0.331 e. The highest BCUT2D eigenvalue weighted by Gasteiger charge is 2.21. The second kappa shape index (κ2) is 8.49. The van der Waals surface area contributed by atoms with Crippen LogP contribution in [0.4, 0.5) is 0 Å². The number of amides is 1. The lowest BCUT2D eigenvalue weighted by Crippen LogP contribution is -2.34. The molecule has 1 aromatic carbocycles. The number of nitrogens with zero attached hydrogens (tertiary/aromatic N) is 2. The predicted molar refractivity (Wildman–Crippen MR) is 110 cm³/mol. The molecule has 0 saturated heterocycles. The Morgan fingerprint density at radius 2 is 2.07 bits per heavy atom. The average molecular weight is 410 g/mol. The number of aryl methyl sites for hydroxylation is 1. The van der Waals surface area contributed by atoms with Crippen LogP contribution in [-0.4, -0.2) is 27.9 Å². The summed E-state index contributed by atoms with van der Waals surface area (Å²) in [4.78, 5) is 28.5. The van der Waals surface area contributed by atoms with Crippen molar-refractivity contribution in [3.8, 4) is 0 Å². The Hall–Kier alpha value is -3.12. The number of fused-ring (bicyclic) bond motifs is 2. The lowest BCUT2D eigenvalue weighted by atomic mass is 9.88. The molecule has 2 aromatic heterocycles. The summed E-state index contributed by atoms with van der Waals surface area (Å²) >= 11 is 6.13. The molecule has 6 nitrogen and oxygen atoms in total. The van der Waals surface area contributed by atoms with Gasteiger partial charge in [0.1, 0.15) is 5.65 Å². The molecule has 29 heavy (non-hydrogen) atoms. The first-order chi connectivity index (χ1) is 14.1. The second-order valence-electron chi connectivity index (χ2n) is 6.87. The Kier molecular flexibility index (Phi) is 5.62. The molecule has 7 heteroatoms. The van der Waals surface area contributed by atoms with E-state index in [0.29, 0.717) is 11.3 Å². The number of hydrogen-bond donors (Lipinski definition) is 1. The summed E-state index contributed by atoms with van der Waals surface area (Å²) < 4.78 is 6.84.